The summed E-state index contributed by atoms with van der Waals surface area (Å²) in [5.74, 6) is 5.86. The van der Waals surface area contributed by atoms with E-state index >= 15 is 0 Å². The van der Waals surface area contributed by atoms with Gasteiger partial charge in [-0.15, -0.1) is 0 Å². The zero-order valence-corrected chi connectivity index (χ0v) is 13.7. The number of hydrogen-bond acceptors (Lipinski definition) is 4. The van der Waals surface area contributed by atoms with Crippen LogP contribution in [0, 0.1) is 0 Å². The maximum atomic E-state index is 5.86. The fourth-order valence-corrected chi connectivity index (χ4v) is 3.02. The molecule has 0 bridgehead atoms. The summed E-state index contributed by atoms with van der Waals surface area (Å²) in [6.07, 6.45) is 6.03. The molecular formula is C15H31N5. The van der Waals surface area contributed by atoms with Crippen LogP contribution in [-0.4, -0.2) is 39.4 Å². The van der Waals surface area contributed by atoms with E-state index in [2.05, 4.69) is 56.2 Å². The van der Waals surface area contributed by atoms with Crippen molar-refractivity contribution in [3.63, 3.8) is 0 Å². The molecule has 0 saturated carbocycles. The van der Waals surface area contributed by atoms with Gasteiger partial charge in [0.25, 0.3) is 0 Å². The molecule has 20 heavy (non-hydrogen) atoms. The maximum Gasteiger partial charge on any atom is 0.0522 e. The summed E-state index contributed by atoms with van der Waals surface area (Å²) < 4.78 is 1.96. The predicted octanol–water partition coefficient (Wildman–Crippen LogP) is 1.79. The third kappa shape index (κ3) is 3.59. The molecule has 3 N–H and O–H groups in total. The van der Waals surface area contributed by atoms with Gasteiger partial charge in [0, 0.05) is 24.3 Å². The normalized spacial score (nSPS) is 16.4. The van der Waals surface area contributed by atoms with Gasteiger partial charge in [-0.05, 0) is 45.3 Å². The van der Waals surface area contributed by atoms with Crippen molar-refractivity contribution >= 4 is 0 Å². The van der Waals surface area contributed by atoms with Crippen LogP contribution in [-0.2, 0) is 13.0 Å². The van der Waals surface area contributed by atoms with Gasteiger partial charge >= 0.3 is 0 Å². The van der Waals surface area contributed by atoms with E-state index in [0.717, 1.165) is 32.5 Å². The molecule has 0 spiro atoms. The molecular weight excluding hydrogens is 250 g/mol. The molecule has 1 aromatic rings. The van der Waals surface area contributed by atoms with Gasteiger partial charge in [0.2, 0.25) is 0 Å². The summed E-state index contributed by atoms with van der Waals surface area (Å²) in [4.78, 5) is 2.49. The minimum absolute atomic E-state index is 0.0482. The lowest BCUT2D eigenvalue weighted by atomic mass is 9.84. The van der Waals surface area contributed by atoms with Gasteiger partial charge in [0.05, 0.1) is 6.20 Å². The number of likely N-dealkylation sites (N-methyl/N-ethyl adjacent to an activating group) is 1. The minimum Gasteiger partial charge on any atom is -0.297 e. The summed E-state index contributed by atoms with van der Waals surface area (Å²) >= 11 is 0. The van der Waals surface area contributed by atoms with Crippen molar-refractivity contribution in [1.29, 1.82) is 0 Å². The van der Waals surface area contributed by atoms with E-state index in [1.807, 2.05) is 10.9 Å². The molecule has 1 rings (SSSR count). The Morgan fingerprint density at radius 3 is 2.40 bits per heavy atom. The van der Waals surface area contributed by atoms with Crippen molar-refractivity contribution in [2.45, 2.75) is 65.6 Å². The van der Waals surface area contributed by atoms with Gasteiger partial charge in [-0.2, -0.15) is 5.10 Å². The predicted molar refractivity (Wildman–Crippen MR) is 84.3 cm³/mol. The highest BCUT2D eigenvalue weighted by Crippen LogP contribution is 2.25. The zero-order valence-electron chi connectivity index (χ0n) is 13.7. The molecule has 0 aliphatic heterocycles. The highest BCUT2D eigenvalue weighted by molar-refractivity contribution is 5.10. The first-order valence-corrected chi connectivity index (χ1v) is 7.78. The van der Waals surface area contributed by atoms with Crippen LogP contribution in [0.15, 0.2) is 12.4 Å². The van der Waals surface area contributed by atoms with Crippen molar-refractivity contribution in [2.24, 2.45) is 5.84 Å². The third-order valence-corrected chi connectivity index (χ3v) is 4.60. The molecule has 0 aromatic carbocycles. The highest BCUT2D eigenvalue weighted by atomic mass is 15.3. The van der Waals surface area contributed by atoms with Gasteiger partial charge in [0.15, 0.2) is 0 Å². The first-order chi connectivity index (χ1) is 9.55. The molecule has 2 unspecified atom stereocenters. The number of nitrogens with one attached hydrogen (secondary N) is 1. The molecule has 2 atom stereocenters. The van der Waals surface area contributed by atoms with Gasteiger partial charge < -0.3 is 0 Å². The largest absolute Gasteiger partial charge is 0.297 e. The molecule has 0 saturated heterocycles. The maximum absolute atomic E-state index is 5.86. The Bertz CT molecular complexity index is 385. The number of hydrogen-bond donors (Lipinski definition) is 2. The Kier molecular flexibility index (Phi) is 6.65. The number of rotatable bonds is 9. The van der Waals surface area contributed by atoms with Crippen LogP contribution in [0.5, 0.6) is 0 Å². The summed E-state index contributed by atoms with van der Waals surface area (Å²) in [6, 6.07) is 0.210. The van der Waals surface area contributed by atoms with Crippen molar-refractivity contribution in [3.8, 4) is 0 Å². The van der Waals surface area contributed by atoms with E-state index < -0.39 is 0 Å². The molecule has 0 aliphatic rings. The number of hydrazine groups is 1. The fraction of sp³-hybridized carbons (Fsp3) is 0.800. The average Bonchev–Trinajstić information content (AvgIpc) is 2.93. The molecule has 1 heterocycles. The van der Waals surface area contributed by atoms with Gasteiger partial charge in [0.1, 0.15) is 0 Å². The number of aromatic nitrogens is 2. The Morgan fingerprint density at radius 1 is 1.35 bits per heavy atom. The van der Waals surface area contributed by atoms with Crippen molar-refractivity contribution in [2.75, 3.05) is 13.1 Å². The number of nitrogens with two attached hydrogens (primary N) is 1. The van der Waals surface area contributed by atoms with Crippen LogP contribution in [0.1, 0.15) is 46.6 Å². The number of aryl methyl sites for hydroxylation is 1. The van der Waals surface area contributed by atoms with E-state index in [9.17, 15) is 0 Å². The second-order valence-corrected chi connectivity index (χ2v) is 5.51. The summed E-state index contributed by atoms with van der Waals surface area (Å²) in [6.45, 7) is 14.0. The Labute approximate surface area is 123 Å². The van der Waals surface area contributed by atoms with Gasteiger partial charge in [-0.25, -0.2) is 0 Å². The molecule has 0 amide bonds. The van der Waals surface area contributed by atoms with E-state index in [1.165, 1.54) is 5.56 Å². The van der Waals surface area contributed by atoms with E-state index in [4.69, 9.17) is 5.84 Å². The monoisotopic (exact) mass is 281 g/mol. The van der Waals surface area contributed by atoms with Crippen molar-refractivity contribution in [3.05, 3.63) is 18.0 Å². The van der Waals surface area contributed by atoms with Gasteiger partial charge in [-0.3, -0.25) is 20.9 Å². The van der Waals surface area contributed by atoms with Gasteiger partial charge in [-0.1, -0.05) is 20.8 Å². The van der Waals surface area contributed by atoms with Crippen LogP contribution < -0.4 is 11.3 Å². The van der Waals surface area contributed by atoms with E-state index in [0.29, 0.717) is 0 Å². The summed E-state index contributed by atoms with van der Waals surface area (Å²) in [5.41, 5.74) is 4.33. The van der Waals surface area contributed by atoms with E-state index in [1.54, 1.807) is 0 Å². The topological polar surface area (TPSA) is 59.1 Å². The standard InChI is InChI=1S/C15H31N5/c1-6-15(5,19(7-2)8-3)14(18-16)10-13-11-17-20(9-4)12-13/h11-12,14,18H,6-10,16H2,1-5H3. The molecule has 5 heteroatoms. The zero-order chi connectivity index (χ0) is 15.2. The molecule has 116 valence electrons. The van der Waals surface area contributed by atoms with Crippen molar-refractivity contribution < 1.29 is 0 Å². The first-order valence-electron chi connectivity index (χ1n) is 7.78. The highest BCUT2D eigenvalue weighted by Gasteiger charge is 2.36. The lowest BCUT2D eigenvalue weighted by Gasteiger charge is -2.45. The Balaban J connectivity index is 2.91. The summed E-state index contributed by atoms with van der Waals surface area (Å²) in [7, 11) is 0. The van der Waals surface area contributed by atoms with Crippen LogP contribution >= 0.6 is 0 Å². The van der Waals surface area contributed by atoms with E-state index in [-0.39, 0.29) is 11.6 Å². The Morgan fingerprint density at radius 2 is 2.00 bits per heavy atom. The molecule has 5 nitrogen and oxygen atoms in total. The molecule has 0 aliphatic carbocycles. The lowest BCUT2D eigenvalue weighted by Crippen LogP contribution is -2.61. The first kappa shape index (κ1) is 17.1. The Hall–Kier alpha value is -0.910. The molecule has 0 radical (unpaired) electrons. The van der Waals surface area contributed by atoms with Crippen LogP contribution in [0.25, 0.3) is 0 Å². The third-order valence-electron chi connectivity index (χ3n) is 4.60. The second-order valence-electron chi connectivity index (χ2n) is 5.51. The second kappa shape index (κ2) is 7.76. The minimum atomic E-state index is 0.0482. The lowest BCUT2D eigenvalue weighted by molar-refractivity contribution is 0.0701. The molecule has 0 fully saturated rings. The number of nitrogens with zero attached hydrogens (tertiary/aromatic N) is 3. The van der Waals surface area contributed by atoms with Crippen LogP contribution in [0.3, 0.4) is 0 Å². The molecule has 1 aromatic heterocycles. The van der Waals surface area contributed by atoms with Crippen molar-refractivity contribution in [1.82, 2.24) is 20.1 Å². The smallest absolute Gasteiger partial charge is 0.0522 e. The quantitative estimate of drug-likeness (QED) is 0.535. The van der Waals surface area contributed by atoms with Crippen LogP contribution in [0.2, 0.25) is 0 Å². The average molecular weight is 281 g/mol. The SMILES string of the molecule is CCN(CC)C(C)(CC)C(Cc1cnn(CC)c1)NN. The fourth-order valence-electron chi connectivity index (χ4n) is 3.02. The van der Waals surface area contributed by atoms with Crippen LogP contribution in [0.4, 0.5) is 0 Å². The summed E-state index contributed by atoms with van der Waals surface area (Å²) in [5, 5.41) is 4.35.